The predicted molar refractivity (Wildman–Crippen MR) is 80.6 cm³/mol. The summed E-state index contributed by atoms with van der Waals surface area (Å²) in [5, 5.41) is 0. The minimum absolute atomic E-state index is 0.0552. The van der Waals surface area contributed by atoms with E-state index in [0.29, 0.717) is 9.61 Å². The highest BCUT2D eigenvalue weighted by molar-refractivity contribution is 14.1. The van der Waals surface area contributed by atoms with Gasteiger partial charge in [-0.2, -0.15) is 0 Å². The number of aromatic amines is 1. The number of halogens is 1. The van der Waals surface area contributed by atoms with E-state index in [1.807, 2.05) is 0 Å². The molecule has 1 aromatic heterocycles. The molecule has 3 rings (SSSR count). The topological polar surface area (TPSA) is 61.5 Å². The van der Waals surface area contributed by atoms with Crippen molar-refractivity contribution >= 4 is 28.4 Å². The number of morpholine rings is 1. The highest BCUT2D eigenvalue weighted by Gasteiger charge is 2.30. The van der Waals surface area contributed by atoms with Crippen LogP contribution in [0.1, 0.15) is 6.42 Å². The summed E-state index contributed by atoms with van der Waals surface area (Å²) in [6.45, 7) is 5.60. The van der Waals surface area contributed by atoms with E-state index in [2.05, 4.69) is 42.4 Å². The summed E-state index contributed by atoms with van der Waals surface area (Å²) in [6, 6.07) is 0.556. The summed E-state index contributed by atoms with van der Waals surface area (Å²) >= 11 is 2.07. The highest BCUT2D eigenvalue weighted by Crippen LogP contribution is 2.23. The molecule has 2 aliphatic rings. The Balaban J connectivity index is 1.71. The van der Waals surface area contributed by atoms with Crippen molar-refractivity contribution < 1.29 is 4.74 Å². The van der Waals surface area contributed by atoms with Gasteiger partial charge in [-0.15, -0.1) is 0 Å². The molecule has 1 atom stereocenters. The quantitative estimate of drug-likeness (QED) is 0.752. The summed E-state index contributed by atoms with van der Waals surface area (Å²) in [6.07, 6.45) is 2.62. The smallest absolute Gasteiger partial charge is 0.266 e. The lowest BCUT2D eigenvalue weighted by Crippen LogP contribution is -2.44. The standard InChI is InChI=1S/C12H17IN4O2/c13-10-11(14-8-15-12(10)18)17-2-1-9(7-17)16-3-5-19-6-4-16/h8-9H,1-7H2,(H,14,15,18). The Labute approximate surface area is 125 Å². The SMILES string of the molecule is O=c1[nH]cnc(N2CCC(N3CCOCC3)C2)c1I. The van der Waals surface area contributed by atoms with Crippen molar-refractivity contribution in [3.8, 4) is 0 Å². The molecule has 104 valence electrons. The van der Waals surface area contributed by atoms with Gasteiger partial charge in [0, 0.05) is 32.2 Å². The molecule has 2 aliphatic heterocycles. The molecule has 0 bridgehead atoms. The predicted octanol–water partition coefficient (Wildman–Crippen LogP) is 0.285. The van der Waals surface area contributed by atoms with Crippen LogP contribution in [0.4, 0.5) is 5.82 Å². The number of H-pyrrole nitrogens is 1. The van der Waals surface area contributed by atoms with Crippen LogP contribution in [0.25, 0.3) is 0 Å². The molecule has 0 aliphatic carbocycles. The molecule has 0 radical (unpaired) electrons. The Kier molecular flexibility index (Phi) is 4.04. The number of nitrogens with one attached hydrogen (secondary N) is 1. The molecule has 0 saturated carbocycles. The Bertz CT molecular complexity index is 501. The summed E-state index contributed by atoms with van der Waals surface area (Å²) in [7, 11) is 0. The van der Waals surface area contributed by atoms with Crippen molar-refractivity contribution in [2.45, 2.75) is 12.5 Å². The van der Waals surface area contributed by atoms with Crippen LogP contribution in [0.15, 0.2) is 11.1 Å². The first-order valence-corrected chi connectivity index (χ1v) is 7.63. The number of hydrogen-bond acceptors (Lipinski definition) is 5. The van der Waals surface area contributed by atoms with Crippen molar-refractivity contribution in [3.63, 3.8) is 0 Å². The second-order valence-corrected chi connectivity index (χ2v) is 5.98. The lowest BCUT2D eigenvalue weighted by atomic mass is 10.2. The molecule has 1 aromatic rings. The molecule has 6 nitrogen and oxygen atoms in total. The van der Waals surface area contributed by atoms with Gasteiger partial charge in [0.25, 0.3) is 5.56 Å². The molecule has 19 heavy (non-hydrogen) atoms. The first-order chi connectivity index (χ1) is 9.25. The molecular weight excluding hydrogens is 359 g/mol. The number of aromatic nitrogens is 2. The monoisotopic (exact) mass is 376 g/mol. The number of hydrogen-bond donors (Lipinski definition) is 1. The number of ether oxygens (including phenoxy) is 1. The Hall–Kier alpha value is -0.670. The second kappa shape index (κ2) is 5.76. The van der Waals surface area contributed by atoms with Crippen molar-refractivity contribution in [1.29, 1.82) is 0 Å². The van der Waals surface area contributed by atoms with E-state index < -0.39 is 0 Å². The molecule has 3 heterocycles. The van der Waals surface area contributed by atoms with Crippen LogP contribution in [0, 0.1) is 3.57 Å². The molecule has 1 N–H and O–H groups in total. The molecule has 2 fully saturated rings. The maximum Gasteiger partial charge on any atom is 0.266 e. The van der Waals surface area contributed by atoms with Crippen LogP contribution in [-0.2, 0) is 4.74 Å². The van der Waals surface area contributed by atoms with Crippen LogP contribution >= 0.6 is 22.6 Å². The van der Waals surface area contributed by atoms with Gasteiger partial charge in [-0.25, -0.2) is 4.98 Å². The number of nitrogens with zero attached hydrogens (tertiary/aromatic N) is 3. The fourth-order valence-corrected chi connectivity index (χ4v) is 3.41. The number of rotatable bonds is 2. The van der Waals surface area contributed by atoms with Gasteiger partial charge in [-0.05, 0) is 29.0 Å². The Morgan fingerprint density at radius 3 is 2.95 bits per heavy atom. The second-order valence-electron chi connectivity index (χ2n) is 4.91. The lowest BCUT2D eigenvalue weighted by molar-refractivity contribution is 0.0209. The van der Waals surface area contributed by atoms with Crippen LogP contribution in [-0.4, -0.2) is 60.3 Å². The number of anilines is 1. The van der Waals surface area contributed by atoms with Crippen molar-refractivity contribution in [2.24, 2.45) is 0 Å². The molecule has 1 unspecified atom stereocenters. The molecule has 0 spiro atoms. The van der Waals surface area contributed by atoms with E-state index in [4.69, 9.17) is 4.74 Å². The molecule has 0 aromatic carbocycles. The molecular formula is C12H17IN4O2. The maximum absolute atomic E-state index is 11.6. The van der Waals surface area contributed by atoms with Crippen LogP contribution in [0.2, 0.25) is 0 Å². The van der Waals surface area contributed by atoms with Crippen molar-refractivity contribution in [2.75, 3.05) is 44.3 Å². The summed E-state index contributed by atoms with van der Waals surface area (Å²) < 4.78 is 6.07. The van der Waals surface area contributed by atoms with E-state index >= 15 is 0 Å². The molecule has 7 heteroatoms. The van der Waals surface area contributed by atoms with E-state index in [1.165, 1.54) is 6.33 Å². The first kappa shape index (κ1) is 13.3. The fraction of sp³-hybridized carbons (Fsp3) is 0.667. The first-order valence-electron chi connectivity index (χ1n) is 6.55. The zero-order chi connectivity index (χ0) is 13.2. The zero-order valence-electron chi connectivity index (χ0n) is 10.6. The van der Waals surface area contributed by atoms with Crippen LogP contribution in [0.3, 0.4) is 0 Å². The fourth-order valence-electron chi connectivity index (χ4n) is 2.77. The van der Waals surface area contributed by atoms with E-state index in [9.17, 15) is 4.79 Å². The van der Waals surface area contributed by atoms with Gasteiger partial charge < -0.3 is 14.6 Å². The third-order valence-electron chi connectivity index (χ3n) is 3.80. The summed E-state index contributed by atoms with van der Waals surface area (Å²) in [5.41, 5.74) is -0.0552. The average Bonchev–Trinajstić information content (AvgIpc) is 2.92. The lowest BCUT2D eigenvalue weighted by Gasteiger charge is -2.32. The minimum atomic E-state index is -0.0552. The van der Waals surface area contributed by atoms with Gasteiger partial charge in [-0.1, -0.05) is 0 Å². The van der Waals surface area contributed by atoms with E-state index in [0.717, 1.165) is 51.6 Å². The van der Waals surface area contributed by atoms with Crippen LogP contribution in [0.5, 0.6) is 0 Å². The van der Waals surface area contributed by atoms with Crippen molar-refractivity contribution in [1.82, 2.24) is 14.9 Å². The average molecular weight is 376 g/mol. The van der Waals surface area contributed by atoms with E-state index in [-0.39, 0.29) is 5.56 Å². The van der Waals surface area contributed by atoms with E-state index in [1.54, 1.807) is 0 Å². The Morgan fingerprint density at radius 2 is 2.16 bits per heavy atom. The molecule has 0 amide bonds. The zero-order valence-corrected chi connectivity index (χ0v) is 12.8. The van der Waals surface area contributed by atoms with Gasteiger partial charge in [0.15, 0.2) is 0 Å². The van der Waals surface area contributed by atoms with Gasteiger partial charge in [0.1, 0.15) is 9.39 Å². The van der Waals surface area contributed by atoms with Gasteiger partial charge >= 0.3 is 0 Å². The van der Waals surface area contributed by atoms with Gasteiger partial charge in [-0.3, -0.25) is 9.69 Å². The van der Waals surface area contributed by atoms with Gasteiger partial charge in [0.2, 0.25) is 0 Å². The normalized spacial score (nSPS) is 24.9. The largest absolute Gasteiger partial charge is 0.379 e. The summed E-state index contributed by atoms with van der Waals surface area (Å²) in [4.78, 5) is 23.3. The highest BCUT2D eigenvalue weighted by atomic mass is 127. The van der Waals surface area contributed by atoms with Crippen molar-refractivity contribution in [3.05, 3.63) is 20.3 Å². The van der Waals surface area contributed by atoms with Gasteiger partial charge in [0.05, 0.1) is 19.5 Å². The maximum atomic E-state index is 11.6. The Morgan fingerprint density at radius 1 is 1.37 bits per heavy atom. The molecule has 2 saturated heterocycles. The van der Waals surface area contributed by atoms with Crippen LogP contribution < -0.4 is 10.5 Å². The third kappa shape index (κ3) is 2.77. The summed E-state index contributed by atoms with van der Waals surface area (Å²) in [5.74, 6) is 0.820. The third-order valence-corrected chi connectivity index (χ3v) is 4.78. The minimum Gasteiger partial charge on any atom is -0.379 e.